The average molecular weight is 334 g/mol. The first-order chi connectivity index (χ1) is 10.5. The van der Waals surface area contributed by atoms with Gasteiger partial charge in [-0.25, -0.2) is 8.42 Å². The van der Waals surface area contributed by atoms with Crippen molar-refractivity contribution in [1.29, 1.82) is 0 Å². The van der Waals surface area contributed by atoms with Crippen LogP contribution < -0.4 is 10.0 Å². The predicted molar refractivity (Wildman–Crippen MR) is 85.9 cm³/mol. The van der Waals surface area contributed by atoms with E-state index in [1.54, 1.807) is 18.2 Å². The van der Waals surface area contributed by atoms with E-state index in [0.717, 1.165) is 23.3 Å². The van der Waals surface area contributed by atoms with Gasteiger partial charge in [-0.1, -0.05) is 12.1 Å². The molecule has 1 amide bonds. The van der Waals surface area contributed by atoms with Crippen molar-refractivity contribution in [2.75, 3.05) is 10.0 Å². The fraction of sp³-hybridized carbons (Fsp3) is 0.267. The molecule has 2 heterocycles. The van der Waals surface area contributed by atoms with Crippen LogP contribution >= 0.6 is 11.3 Å². The average Bonchev–Trinajstić information content (AvgIpc) is 3.04. The third-order valence-electron chi connectivity index (χ3n) is 3.86. The summed E-state index contributed by atoms with van der Waals surface area (Å²) in [6.45, 7) is 0. The highest BCUT2D eigenvalue weighted by Crippen LogP contribution is 2.44. The molecule has 1 fully saturated rings. The highest BCUT2D eigenvalue weighted by Gasteiger charge is 2.28. The molecule has 1 aliphatic heterocycles. The van der Waals surface area contributed by atoms with E-state index in [9.17, 15) is 13.2 Å². The molecule has 5 nitrogen and oxygen atoms in total. The maximum Gasteiger partial charge on any atom is 0.271 e. The number of sulfonamides is 1. The van der Waals surface area contributed by atoms with Gasteiger partial charge in [-0.05, 0) is 42.5 Å². The topological polar surface area (TPSA) is 75.3 Å². The van der Waals surface area contributed by atoms with Crippen molar-refractivity contribution in [2.45, 2.75) is 29.4 Å². The SMILES string of the molecule is O=C1Cc2cccc(NS(=O)(=O)c3ccc(C4CC4)s3)c2N1. The molecule has 0 radical (unpaired) electrons. The number of carbonyl (C=O) groups excluding carboxylic acids is 1. The summed E-state index contributed by atoms with van der Waals surface area (Å²) in [6, 6.07) is 8.79. The second-order valence-corrected chi connectivity index (χ2v) is 8.63. The lowest BCUT2D eigenvalue weighted by Gasteiger charge is -2.10. The van der Waals surface area contributed by atoms with Gasteiger partial charge >= 0.3 is 0 Å². The summed E-state index contributed by atoms with van der Waals surface area (Å²) in [7, 11) is -3.62. The first-order valence-electron chi connectivity index (χ1n) is 7.07. The minimum atomic E-state index is -3.62. The molecule has 0 unspecified atom stereocenters. The molecule has 1 saturated carbocycles. The first-order valence-corrected chi connectivity index (χ1v) is 9.37. The molecule has 0 saturated heterocycles. The van der Waals surface area contributed by atoms with Crippen LogP contribution in [-0.2, 0) is 21.2 Å². The van der Waals surface area contributed by atoms with E-state index in [1.807, 2.05) is 12.1 Å². The summed E-state index contributed by atoms with van der Waals surface area (Å²) in [5.74, 6) is 0.419. The predicted octanol–water partition coefficient (Wildman–Crippen LogP) is 2.92. The van der Waals surface area contributed by atoms with Crippen molar-refractivity contribution in [2.24, 2.45) is 0 Å². The number of anilines is 2. The number of amides is 1. The van der Waals surface area contributed by atoms with E-state index >= 15 is 0 Å². The number of nitrogens with one attached hydrogen (secondary N) is 2. The molecule has 4 rings (SSSR count). The monoisotopic (exact) mass is 334 g/mol. The van der Waals surface area contributed by atoms with Gasteiger partial charge in [0.15, 0.2) is 0 Å². The van der Waals surface area contributed by atoms with Crippen molar-refractivity contribution in [3.8, 4) is 0 Å². The zero-order valence-electron chi connectivity index (χ0n) is 11.6. The summed E-state index contributed by atoms with van der Waals surface area (Å²) in [4.78, 5) is 12.6. The van der Waals surface area contributed by atoms with E-state index in [-0.39, 0.29) is 12.3 Å². The van der Waals surface area contributed by atoms with Gasteiger partial charge in [0.25, 0.3) is 10.0 Å². The molecule has 2 aromatic rings. The lowest BCUT2D eigenvalue weighted by atomic mass is 10.1. The van der Waals surface area contributed by atoms with Crippen LogP contribution in [0.25, 0.3) is 0 Å². The smallest absolute Gasteiger partial charge is 0.271 e. The van der Waals surface area contributed by atoms with Crippen LogP contribution in [0.5, 0.6) is 0 Å². The Morgan fingerprint density at radius 3 is 2.77 bits per heavy atom. The Morgan fingerprint density at radius 1 is 1.18 bits per heavy atom. The zero-order valence-corrected chi connectivity index (χ0v) is 13.3. The van der Waals surface area contributed by atoms with Crippen LogP contribution in [0.1, 0.15) is 29.2 Å². The van der Waals surface area contributed by atoms with Gasteiger partial charge in [-0.15, -0.1) is 11.3 Å². The summed E-state index contributed by atoms with van der Waals surface area (Å²) >= 11 is 1.33. The lowest BCUT2D eigenvalue weighted by Crippen LogP contribution is -2.13. The molecule has 0 spiro atoms. The lowest BCUT2D eigenvalue weighted by molar-refractivity contribution is -0.115. The second kappa shape index (κ2) is 4.82. The van der Waals surface area contributed by atoms with Crippen molar-refractivity contribution in [3.63, 3.8) is 0 Å². The maximum absolute atomic E-state index is 12.5. The number of fused-ring (bicyclic) bond motifs is 1. The van der Waals surface area contributed by atoms with Gasteiger partial charge in [0.05, 0.1) is 17.8 Å². The van der Waals surface area contributed by atoms with Crippen molar-refractivity contribution in [1.82, 2.24) is 0 Å². The van der Waals surface area contributed by atoms with E-state index in [4.69, 9.17) is 0 Å². The fourth-order valence-corrected chi connectivity index (χ4v) is 5.16. The summed E-state index contributed by atoms with van der Waals surface area (Å²) in [5, 5.41) is 2.71. The molecule has 0 bridgehead atoms. The fourth-order valence-electron chi connectivity index (χ4n) is 2.60. The van der Waals surface area contributed by atoms with Crippen LogP contribution in [0.4, 0.5) is 11.4 Å². The molecule has 1 aromatic heterocycles. The number of rotatable bonds is 4. The first kappa shape index (κ1) is 13.8. The van der Waals surface area contributed by atoms with Gasteiger partial charge in [0, 0.05) is 4.88 Å². The van der Waals surface area contributed by atoms with Gasteiger partial charge in [-0.2, -0.15) is 0 Å². The van der Waals surface area contributed by atoms with E-state index < -0.39 is 10.0 Å². The Hall–Kier alpha value is -1.86. The highest BCUT2D eigenvalue weighted by molar-refractivity contribution is 7.94. The molecule has 0 atom stereocenters. The van der Waals surface area contributed by atoms with E-state index in [2.05, 4.69) is 10.0 Å². The normalized spacial score (nSPS) is 17.2. The Bertz CT molecular complexity index is 867. The van der Waals surface area contributed by atoms with Crippen LogP contribution in [0, 0.1) is 0 Å². The molecule has 1 aromatic carbocycles. The number of benzene rings is 1. The number of thiophene rings is 1. The Morgan fingerprint density at radius 2 is 2.00 bits per heavy atom. The number of hydrogen-bond acceptors (Lipinski definition) is 4. The van der Waals surface area contributed by atoms with Crippen molar-refractivity contribution >= 4 is 38.6 Å². The summed E-state index contributed by atoms with van der Waals surface area (Å²) in [5.41, 5.74) is 1.80. The maximum atomic E-state index is 12.5. The minimum absolute atomic E-state index is 0.117. The van der Waals surface area contributed by atoms with Gasteiger partial charge in [-0.3, -0.25) is 9.52 Å². The second-order valence-electron chi connectivity index (χ2n) is 5.60. The zero-order chi connectivity index (χ0) is 15.3. The largest absolute Gasteiger partial charge is 0.324 e. The Labute approximate surface area is 132 Å². The number of hydrogen-bond donors (Lipinski definition) is 2. The van der Waals surface area contributed by atoms with Gasteiger partial charge < -0.3 is 5.32 Å². The molecule has 7 heteroatoms. The van der Waals surface area contributed by atoms with Gasteiger partial charge in [0.1, 0.15) is 4.21 Å². The number of carbonyl (C=O) groups is 1. The molecular formula is C15H14N2O3S2. The van der Waals surface area contributed by atoms with Crippen LogP contribution in [-0.4, -0.2) is 14.3 Å². The summed E-state index contributed by atoms with van der Waals surface area (Å²) in [6.07, 6.45) is 2.58. The van der Waals surface area contributed by atoms with Crippen LogP contribution in [0.15, 0.2) is 34.5 Å². The molecule has 22 heavy (non-hydrogen) atoms. The Balaban J connectivity index is 1.65. The van der Waals surface area contributed by atoms with E-state index in [0.29, 0.717) is 21.5 Å². The standard InChI is InChI=1S/C15H14N2O3S2/c18-13-8-10-2-1-3-11(15(10)16-13)17-22(19,20)14-7-6-12(21-14)9-4-5-9/h1-3,6-7,9,17H,4-5,8H2,(H,16,18). The van der Waals surface area contributed by atoms with Crippen molar-refractivity contribution in [3.05, 3.63) is 40.8 Å². The molecule has 2 N–H and O–H groups in total. The quantitative estimate of drug-likeness (QED) is 0.903. The number of para-hydroxylation sites is 1. The van der Waals surface area contributed by atoms with Crippen LogP contribution in [0.2, 0.25) is 0 Å². The van der Waals surface area contributed by atoms with Crippen LogP contribution in [0.3, 0.4) is 0 Å². The summed E-state index contributed by atoms with van der Waals surface area (Å²) < 4.78 is 28.0. The molecule has 114 valence electrons. The third kappa shape index (κ3) is 2.40. The Kier molecular flexibility index (Phi) is 3.02. The minimum Gasteiger partial charge on any atom is -0.324 e. The van der Waals surface area contributed by atoms with E-state index in [1.165, 1.54) is 11.3 Å². The molecule has 2 aliphatic rings. The highest BCUT2D eigenvalue weighted by atomic mass is 32.2. The molecular weight excluding hydrogens is 320 g/mol. The van der Waals surface area contributed by atoms with Gasteiger partial charge in [0.2, 0.25) is 5.91 Å². The van der Waals surface area contributed by atoms with Crippen molar-refractivity contribution < 1.29 is 13.2 Å². The third-order valence-corrected chi connectivity index (χ3v) is 6.96. The molecule has 1 aliphatic carbocycles.